The molecule has 4 rings (SSSR count). The van der Waals surface area contributed by atoms with Crippen molar-refractivity contribution < 1.29 is 19.1 Å². The lowest BCUT2D eigenvalue weighted by atomic mass is 10.1. The number of hydrogen-bond donors (Lipinski definition) is 2. The molecular formula is C22H14Cl2N2O4S. The summed E-state index contributed by atoms with van der Waals surface area (Å²) in [6, 6.07) is 13.2. The number of amides is 1. The first kappa shape index (κ1) is 21.2. The van der Waals surface area contributed by atoms with E-state index >= 15 is 0 Å². The summed E-state index contributed by atoms with van der Waals surface area (Å²) in [6.07, 6.45) is 1.60. The number of furan rings is 1. The lowest BCUT2D eigenvalue weighted by Gasteiger charge is -2.03. The van der Waals surface area contributed by atoms with Crippen LogP contribution in [0.15, 0.2) is 62.8 Å². The fourth-order valence-corrected chi connectivity index (χ4v) is 4.04. The SMILES string of the molecule is Cc1ccc(C(=O)O)cc1N=C1NC(=O)C(=Cc2ccc(-c3cc(Cl)ccc3Cl)o2)S1. The molecule has 0 atom stereocenters. The van der Waals surface area contributed by atoms with E-state index in [2.05, 4.69) is 10.3 Å². The van der Waals surface area contributed by atoms with Crippen molar-refractivity contribution >= 4 is 63.8 Å². The Kier molecular flexibility index (Phi) is 5.91. The average molecular weight is 473 g/mol. The average Bonchev–Trinajstić information content (AvgIpc) is 3.32. The molecule has 0 spiro atoms. The number of aromatic carboxylic acids is 1. The number of benzene rings is 2. The summed E-state index contributed by atoms with van der Waals surface area (Å²) in [5.74, 6) is -0.375. The van der Waals surface area contributed by atoms with E-state index in [1.807, 2.05) is 6.92 Å². The minimum atomic E-state index is -1.04. The molecule has 2 N–H and O–H groups in total. The van der Waals surface area contributed by atoms with Crippen LogP contribution in [0.1, 0.15) is 21.7 Å². The van der Waals surface area contributed by atoms with Gasteiger partial charge in [0.05, 0.1) is 21.2 Å². The maximum Gasteiger partial charge on any atom is 0.335 e. The van der Waals surface area contributed by atoms with Crippen molar-refractivity contribution in [1.82, 2.24) is 5.32 Å². The Bertz CT molecular complexity index is 1280. The normalized spacial score (nSPS) is 16.2. The van der Waals surface area contributed by atoms with Crippen LogP contribution >= 0.6 is 35.0 Å². The van der Waals surface area contributed by atoms with Crippen molar-refractivity contribution in [1.29, 1.82) is 0 Å². The van der Waals surface area contributed by atoms with Crippen LogP contribution in [0.2, 0.25) is 10.0 Å². The highest BCUT2D eigenvalue weighted by Gasteiger charge is 2.25. The minimum absolute atomic E-state index is 0.123. The van der Waals surface area contributed by atoms with Crippen LogP contribution in [0.5, 0.6) is 0 Å². The Morgan fingerprint density at radius 2 is 1.97 bits per heavy atom. The molecule has 9 heteroatoms. The van der Waals surface area contributed by atoms with Crippen LogP contribution in [-0.4, -0.2) is 22.2 Å². The number of carbonyl (C=O) groups is 2. The van der Waals surface area contributed by atoms with Gasteiger partial charge >= 0.3 is 5.97 Å². The number of nitrogens with zero attached hydrogens (tertiary/aromatic N) is 1. The molecule has 0 saturated carbocycles. The third-order valence-corrected chi connectivity index (χ3v) is 5.90. The number of carbonyl (C=O) groups excluding carboxylic acids is 1. The van der Waals surface area contributed by atoms with E-state index in [0.29, 0.717) is 42.9 Å². The first-order chi connectivity index (χ1) is 14.8. The Balaban J connectivity index is 1.59. The summed E-state index contributed by atoms with van der Waals surface area (Å²) in [6.45, 7) is 1.81. The van der Waals surface area contributed by atoms with Crippen molar-refractivity contribution in [2.45, 2.75) is 6.92 Å². The van der Waals surface area contributed by atoms with Gasteiger partial charge in [0.2, 0.25) is 0 Å². The van der Waals surface area contributed by atoms with Gasteiger partial charge in [-0.25, -0.2) is 9.79 Å². The second-order valence-electron chi connectivity index (χ2n) is 6.61. The van der Waals surface area contributed by atoms with Crippen LogP contribution in [0, 0.1) is 6.92 Å². The highest BCUT2D eigenvalue weighted by molar-refractivity contribution is 8.18. The lowest BCUT2D eigenvalue weighted by Crippen LogP contribution is -2.19. The topological polar surface area (TPSA) is 91.9 Å². The molecular weight excluding hydrogens is 459 g/mol. The fraction of sp³-hybridized carbons (Fsp3) is 0.0455. The third kappa shape index (κ3) is 4.69. The number of rotatable bonds is 4. The molecule has 1 aliphatic heterocycles. The molecule has 1 aromatic heterocycles. The number of thioether (sulfide) groups is 1. The summed E-state index contributed by atoms with van der Waals surface area (Å²) in [7, 11) is 0. The number of halogens is 2. The summed E-state index contributed by atoms with van der Waals surface area (Å²) < 4.78 is 5.81. The van der Waals surface area contributed by atoms with Crippen molar-refractivity contribution in [3.8, 4) is 11.3 Å². The molecule has 0 unspecified atom stereocenters. The van der Waals surface area contributed by atoms with Gasteiger partial charge in [0.15, 0.2) is 5.17 Å². The maximum atomic E-state index is 12.4. The zero-order valence-corrected chi connectivity index (χ0v) is 18.3. The molecule has 1 amide bonds. The third-order valence-electron chi connectivity index (χ3n) is 4.42. The number of amidine groups is 1. The van der Waals surface area contributed by atoms with Crippen molar-refractivity contribution in [2.24, 2.45) is 4.99 Å². The number of carboxylic acid groups (broad SMARTS) is 1. The number of aliphatic imine (C=N–C) groups is 1. The van der Waals surface area contributed by atoms with E-state index in [-0.39, 0.29) is 11.5 Å². The lowest BCUT2D eigenvalue weighted by molar-refractivity contribution is -0.115. The molecule has 31 heavy (non-hydrogen) atoms. The molecule has 2 heterocycles. The summed E-state index contributed by atoms with van der Waals surface area (Å²) >= 11 is 13.4. The van der Waals surface area contributed by atoms with Gasteiger partial charge in [-0.2, -0.15) is 0 Å². The summed E-state index contributed by atoms with van der Waals surface area (Å²) in [5, 5.41) is 13.2. The number of carboxylic acids is 1. The van der Waals surface area contributed by atoms with Crippen LogP contribution in [0.4, 0.5) is 5.69 Å². The van der Waals surface area contributed by atoms with E-state index in [9.17, 15) is 9.59 Å². The van der Waals surface area contributed by atoms with Gasteiger partial charge in [0.25, 0.3) is 5.91 Å². The van der Waals surface area contributed by atoms with E-state index in [0.717, 1.165) is 17.3 Å². The molecule has 1 aliphatic rings. The zero-order valence-electron chi connectivity index (χ0n) is 16.0. The minimum Gasteiger partial charge on any atom is -0.478 e. The van der Waals surface area contributed by atoms with Crippen LogP contribution < -0.4 is 5.32 Å². The predicted molar refractivity (Wildman–Crippen MR) is 123 cm³/mol. The van der Waals surface area contributed by atoms with Gasteiger partial charge in [0.1, 0.15) is 11.5 Å². The van der Waals surface area contributed by atoms with Gasteiger partial charge in [-0.1, -0.05) is 29.3 Å². The van der Waals surface area contributed by atoms with E-state index < -0.39 is 5.97 Å². The monoisotopic (exact) mass is 472 g/mol. The number of aryl methyl sites for hydroxylation is 1. The second kappa shape index (κ2) is 8.63. The zero-order chi connectivity index (χ0) is 22.1. The highest BCUT2D eigenvalue weighted by atomic mass is 35.5. The fourth-order valence-electron chi connectivity index (χ4n) is 2.84. The Morgan fingerprint density at radius 1 is 1.16 bits per heavy atom. The first-order valence-electron chi connectivity index (χ1n) is 8.99. The van der Waals surface area contributed by atoms with Gasteiger partial charge < -0.3 is 14.8 Å². The van der Waals surface area contributed by atoms with Crippen molar-refractivity contribution in [3.05, 3.63) is 80.4 Å². The molecule has 6 nitrogen and oxygen atoms in total. The number of nitrogens with one attached hydrogen (secondary N) is 1. The molecule has 3 aromatic rings. The van der Waals surface area contributed by atoms with Gasteiger partial charge in [-0.3, -0.25) is 4.79 Å². The molecule has 0 bridgehead atoms. The smallest absolute Gasteiger partial charge is 0.335 e. The Morgan fingerprint density at radius 3 is 2.74 bits per heavy atom. The highest BCUT2D eigenvalue weighted by Crippen LogP contribution is 2.34. The van der Waals surface area contributed by atoms with Crippen LogP contribution in [0.25, 0.3) is 17.4 Å². The maximum absolute atomic E-state index is 12.4. The Hall–Kier alpha value is -3.00. The Labute approximate surface area is 191 Å². The van der Waals surface area contributed by atoms with Crippen LogP contribution in [-0.2, 0) is 4.79 Å². The largest absolute Gasteiger partial charge is 0.478 e. The molecule has 0 radical (unpaired) electrons. The summed E-state index contributed by atoms with van der Waals surface area (Å²) in [5.41, 5.74) is 2.04. The van der Waals surface area contributed by atoms with Crippen molar-refractivity contribution in [2.75, 3.05) is 0 Å². The molecule has 1 fully saturated rings. The second-order valence-corrected chi connectivity index (χ2v) is 8.49. The quantitative estimate of drug-likeness (QED) is 0.444. The van der Waals surface area contributed by atoms with Gasteiger partial charge in [0, 0.05) is 16.7 Å². The van der Waals surface area contributed by atoms with E-state index in [1.165, 1.54) is 12.1 Å². The van der Waals surface area contributed by atoms with Crippen molar-refractivity contribution in [3.63, 3.8) is 0 Å². The standard InChI is InChI=1S/C22H14Cl2N2O4S/c1-11-2-3-12(21(28)29)8-17(11)25-22-26-20(27)19(31-22)10-14-5-7-18(30-14)15-9-13(23)4-6-16(15)24/h2-10H,1H3,(H,28,29)(H,25,26,27). The van der Waals surface area contributed by atoms with E-state index in [1.54, 1.807) is 42.5 Å². The molecule has 1 saturated heterocycles. The first-order valence-corrected chi connectivity index (χ1v) is 10.6. The van der Waals surface area contributed by atoms with Gasteiger partial charge in [-0.15, -0.1) is 0 Å². The van der Waals surface area contributed by atoms with Crippen LogP contribution in [0.3, 0.4) is 0 Å². The predicted octanol–water partition coefficient (Wildman–Crippen LogP) is 6.15. The molecule has 156 valence electrons. The van der Waals surface area contributed by atoms with Gasteiger partial charge in [-0.05, 0) is 66.7 Å². The van der Waals surface area contributed by atoms with E-state index in [4.69, 9.17) is 32.7 Å². The molecule has 0 aliphatic carbocycles. The molecule has 2 aromatic carbocycles. The summed E-state index contributed by atoms with van der Waals surface area (Å²) in [4.78, 5) is 28.3. The number of hydrogen-bond acceptors (Lipinski definition) is 5.